The molecule has 2 N–H and O–H groups in total. The second-order valence-corrected chi connectivity index (χ2v) is 7.03. The molecule has 0 radical (unpaired) electrons. The van der Waals surface area contributed by atoms with E-state index in [2.05, 4.69) is 5.32 Å². The van der Waals surface area contributed by atoms with Crippen LogP contribution >= 0.6 is 0 Å². The summed E-state index contributed by atoms with van der Waals surface area (Å²) >= 11 is 0. The average molecular weight is 376 g/mol. The Hall–Kier alpha value is -2.70. The summed E-state index contributed by atoms with van der Waals surface area (Å²) in [5, 5.41) is 13.0. The second kappa shape index (κ2) is 6.48. The maximum atomic E-state index is 13.2. The van der Waals surface area contributed by atoms with Crippen LogP contribution < -0.4 is 5.32 Å². The zero-order valence-corrected chi connectivity index (χ0v) is 14.5. The molecule has 4 rings (SSSR count). The predicted molar refractivity (Wildman–Crippen MR) is 94.2 cm³/mol. The Balaban J connectivity index is 1.77. The number of aromatic hydroxyl groups is 1. The molecule has 1 amide bonds. The summed E-state index contributed by atoms with van der Waals surface area (Å²) in [6, 6.07) is 9.79. The van der Waals surface area contributed by atoms with Crippen molar-refractivity contribution in [2.75, 3.05) is 11.9 Å². The Morgan fingerprint density at radius 2 is 1.96 bits per heavy atom. The third-order valence-corrected chi connectivity index (χ3v) is 5.29. The van der Waals surface area contributed by atoms with Crippen LogP contribution in [0.25, 0.3) is 0 Å². The smallest absolute Gasteiger partial charge is 0.416 e. The van der Waals surface area contributed by atoms with Gasteiger partial charge in [-0.3, -0.25) is 4.79 Å². The highest BCUT2D eigenvalue weighted by Crippen LogP contribution is 2.45. The van der Waals surface area contributed by atoms with Gasteiger partial charge < -0.3 is 15.3 Å². The van der Waals surface area contributed by atoms with Crippen LogP contribution in [0, 0.1) is 0 Å². The molecular formula is C20H19F3N2O2. The Labute approximate surface area is 154 Å². The van der Waals surface area contributed by atoms with Crippen LogP contribution in [0.15, 0.2) is 42.5 Å². The SMILES string of the molecule is O=C1CCCN1C1CC(c2cccc(O)c2)Nc2ccc(C(F)(F)F)cc21. The summed E-state index contributed by atoms with van der Waals surface area (Å²) in [6.07, 6.45) is -2.84. The standard InChI is InChI=1S/C20H19F3N2O2/c21-20(22,23)13-6-7-16-15(10-13)18(25-8-2-5-19(25)27)11-17(24-16)12-3-1-4-14(26)9-12/h1,3-4,6-7,9-10,17-18,24,26H,2,5,8,11H2. The number of nitrogens with one attached hydrogen (secondary N) is 1. The largest absolute Gasteiger partial charge is 0.508 e. The first-order valence-electron chi connectivity index (χ1n) is 8.89. The number of carbonyl (C=O) groups excluding carboxylic acids is 1. The molecule has 2 aliphatic heterocycles. The van der Waals surface area contributed by atoms with Gasteiger partial charge in [0.2, 0.25) is 5.91 Å². The first kappa shape index (κ1) is 17.7. The number of halogens is 3. The Morgan fingerprint density at radius 1 is 1.15 bits per heavy atom. The molecule has 2 heterocycles. The number of nitrogens with zero attached hydrogens (tertiary/aromatic N) is 1. The summed E-state index contributed by atoms with van der Waals surface area (Å²) in [5.41, 5.74) is 1.21. The van der Waals surface area contributed by atoms with Crippen molar-refractivity contribution >= 4 is 11.6 Å². The van der Waals surface area contributed by atoms with E-state index >= 15 is 0 Å². The van der Waals surface area contributed by atoms with Gasteiger partial charge in [0.05, 0.1) is 17.6 Å². The molecular weight excluding hydrogens is 357 g/mol. The lowest BCUT2D eigenvalue weighted by atomic mass is 9.87. The van der Waals surface area contributed by atoms with Gasteiger partial charge in [-0.2, -0.15) is 13.2 Å². The maximum Gasteiger partial charge on any atom is 0.416 e. The highest BCUT2D eigenvalue weighted by molar-refractivity contribution is 5.79. The molecule has 2 aromatic rings. The fourth-order valence-corrected chi connectivity index (χ4v) is 4.00. The molecule has 0 aliphatic carbocycles. The minimum Gasteiger partial charge on any atom is -0.508 e. The van der Waals surface area contributed by atoms with Crippen molar-refractivity contribution < 1.29 is 23.1 Å². The normalized spacial score (nSPS) is 22.5. The van der Waals surface area contributed by atoms with Gasteiger partial charge in [0.1, 0.15) is 5.75 Å². The van der Waals surface area contributed by atoms with E-state index in [4.69, 9.17) is 0 Å². The second-order valence-electron chi connectivity index (χ2n) is 7.03. The number of rotatable bonds is 2. The van der Waals surface area contributed by atoms with E-state index in [1.807, 2.05) is 6.07 Å². The molecule has 142 valence electrons. The molecule has 7 heteroatoms. The average Bonchev–Trinajstić information content (AvgIpc) is 3.05. The Bertz CT molecular complexity index is 882. The highest BCUT2D eigenvalue weighted by atomic mass is 19.4. The zero-order valence-electron chi connectivity index (χ0n) is 14.5. The molecule has 2 unspecified atom stereocenters. The fourth-order valence-electron chi connectivity index (χ4n) is 4.00. The monoisotopic (exact) mass is 376 g/mol. The van der Waals surface area contributed by atoms with Gasteiger partial charge in [0, 0.05) is 18.7 Å². The van der Waals surface area contributed by atoms with E-state index < -0.39 is 17.8 Å². The molecule has 0 bridgehead atoms. The molecule has 2 aromatic carbocycles. The van der Waals surface area contributed by atoms with Crippen molar-refractivity contribution in [1.29, 1.82) is 0 Å². The van der Waals surface area contributed by atoms with Crippen LogP contribution in [0.2, 0.25) is 0 Å². The molecule has 0 saturated carbocycles. The van der Waals surface area contributed by atoms with Crippen LogP contribution in [-0.4, -0.2) is 22.5 Å². The van der Waals surface area contributed by atoms with Crippen LogP contribution in [0.1, 0.15) is 48.0 Å². The number of amides is 1. The van der Waals surface area contributed by atoms with Crippen molar-refractivity contribution in [3.63, 3.8) is 0 Å². The van der Waals surface area contributed by atoms with Gasteiger partial charge in [-0.05, 0) is 54.3 Å². The first-order valence-corrected chi connectivity index (χ1v) is 8.89. The number of benzene rings is 2. The van der Waals surface area contributed by atoms with Crippen LogP contribution in [0.5, 0.6) is 5.75 Å². The van der Waals surface area contributed by atoms with E-state index in [-0.39, 0.29) is 17.7 Å². The van der Waals surface area contributed by atoms with Gasteiger partial charge in [-0.1, -0.05) is 12.1 Å². The lowest BCUT2D eigenvalue weighted by Crippen LogP contribution is -2.35. The summed E-state index contributed by atoms with van der Waals surface area (Å²) in [7, 11) is 0. The van der Waals surface area contributed by atoms with Crippen molar-refractivity contribution in [2.45, 2.75) is 37.5 Å². The molecule has 4 nitrogen and oxygen atoms in total. The number of hydrogen-bond acceptors (Lipinski definition) is 3. The van der Waals surface area contributed by atoms with Gasteiger partial charge >= 0.3 is 6.18 Å². The lowest BCUT2D eigenvalue weighted by molar-refractivity contribution is -0.137. The zero-order chi connectivity index (χ0) is 19.2. The van der Waals surface area contributed by atoms with Crippen molar-refractivity contribution in [2.24, 2.45) is 0 Å². The molecule has 1 saturated heterocycles. The molecule has 0 aromatic heterocycles. The van der Waals surface area contributed by atoms with Gasteiger partial charge in [-0.15, -0.1) is 0 Å². The highest BCUT2D eigenvalue weighted by Gasteiger charge is 2.38. The van der Waals surface area contributed by atoms with E-state index in [0.717, 1.165) is 17.7 Å². The van der Waals surface area contributed by atoms with Crippen LogP contribution in [-0.2, 0) is 11.0 Å². The number of anilines is 1. The molecule has 1 fully saturated rings. The summed E-state index contributed by atoms with van der Waals surface area (Å²) < 4.78 is 39.6. The summed E-state index contributed by atoms with van der Waals surface area (Å²) in [4.78, 5) is 14.0. The minimum absolute atomic E-state index is 0.0279. The number of phenols is 1. The molecule has 27 heavy (non-hydrogen) atoms. The van der Waals surface area contributed by atoms with E-state index in [1.165, 1.54) is 6.07 Å². The minimum atomic E-state index is -4.43. The summed E-state index contributed by atoms with van der Waals surface area (Å²) in [5.74, 6) is 0.0984. The van der Waals surface area contributed by atoms with Gasteiger partial charge in [0.25, 0.3) is 0 Å². The van der Waals surface area contributed by atoms with Crippen molar-refractivity contribution in [1.82, 2.24) is 4.90 Å². The molecule has 0 spiro atoms. The number of hydrogen-bond donors (Lipinski definition) is 2. The number of carbonyl (C=O) groups is 1. The van der Waals surface area contributed by atoms with Crippen molar-refractivity contribution in [3.05, 3.63) is 59.2 Å². The predicted octanol–water partition coefficient (Wildman–Crippen LogP) is 4.63. The number of fused-ring (bicyclic) bond motifs is 1. The maximum absolute atomic E-state index is 13.2. The van der Waals surface area contributed by atoms with Crippen LogP contribution in [0.3, 0.4) is 0 Å². The Morgan fingerprint density at radius 3 is 2.63 bits per heavy atom. The van der Waals surface area contributed by atoms with E-state index in [1.54, 1.807) is 23.1 Å². The van der Waals surface area contributed by atoms with E-state index in [0.29, 0.717) is 37.1 Å². The van der Waals surface area contributed by atoms with Gasteiger partial charge in [-0.25, -0.2) is 0 Å². The van der Waals surface area contributed by atoms with Gasteiger partial charge in [0.15, 0.2) is 0 Å². The first-order chi connectivity index (χ1) is 12.8. The Kier molecular flexibility index (Phi) is 4.25. The fraction of sp³-hybridized carbons (Fsp3) is 0.350. The number of likely N-dealkylation sites (tertiary alicyclic amines) is 1. The van der Waals surface area contributed by atoms with Crippen LogP contribution in [0.4, 0.5) is 18.9 Å². The molecule has 2 aliphatic rings. The summed E-state index contributed by atoms with van der Waals surface area (Å²) in [6.45, 7) is 0.548. The third kappa shape index (κ3) is 3.34. The number of phenolic OH excluding ortho intramolecular Hbond substituents is 1. The molecule has 2 atom stereocenters. The topological polar surface area (TPSA) is 52.6 Å². The van der Waals surface area contributed by atoms with Crippen molar-refractivity contribution in [3.8, 4) is 5.75 Å². The quantitative estimate of drug-likeness (QED) is 0.803. The lowest BCUT2D eigenvalue weighted by Gasteiger charge is -2.38. The third-order valence-electron chi connectivity index (χ3n) is 5.29. The number of alkyl halides is 3. The van der Waals surface area contributed by atoms with E-state index in [9.17, 15) is 23.1 Å².